The Morgan fingerprint density at radius 3 is 2.42 bits per heavy atom. The number of urea groups is 1. The zero-order valence-electron chi connectivity index (χ0n) is 39.2. The topological polar surface area (TPSA) is 158 Å². The lowest BCUT2D eigenvalue weighted by Crippen LogP contribution is -2.43. The quantitative estimate of drug-likeness (QED) is 0.161. The number of allylic oxidation sites excluding steroid dienone is 1. The van der Waals surface area contributed by atoms with E-state index in [2.05, 4.69) is 68.2 Å². The Labute approximate surface area is 407 Å². The Bertz CT molecular complexity index is 3240. The molecule has 1 atom stereocenters. The van der Waals surface area contributed by atoms with Crippen LogP contribution in [0.3, 0.4) is 0 Å². The number of pyridine rings is 1. The van der Waals surface area contributed by atoms with E-state index in [0.717, 1.165) is 128 Å². The average molecular weight is 962 g/mol. The normalized spacial score (nSPS) is 20.2. The summed E-state index contributed by atoms with van der Waals surface area (Å²) in [4.78, 5) is 41.1. The maximum atomic E-state index is 14.3. The van der Waals surface area contributed by atoms with Crippen LogP contribution in [0.25, 0.3) is 49.3 Å². The van der Waals surface area contributed by atoms with Crippen molar-refractivity contribution >= 4 is 50.4 Å². The predicted octanol–water partition coefficient (Wildman–Crippen LogP) is 7.72. The van der Waals surface area contributed by atoms with Gasteiger partial charge >= 0.3 is 6.03 Å². The molecule has 5 aromatic heterocycles. The van der Waals surface area contributed by atoms with E-state index in [0.29, 0.717) is 57.3 Å². The number of rotatable bonds is 8. The maximum Gasteiger partial charge on any atom is 0.318 e. The lowest BCUT2D eigenvalue weighted by atomic mass is 9.85. The van der Waals surface area contributed by atoms with Crippen molar-refractivity contribution in [2.45, 2.75) is 90.5 Å². The summed E-state index contributed by atoms with van der Waals surface area (Å²) in [6.45, 7) is 7.59. The van der Waals surface area contributed by atoms with Crippen LogP contribution in [0.15, 0.2) is 67.1 Å². The molecule has 69 heavy (non-hydrogen) atoms. The first-order valence-corrected chi connectivity index (χ1v) is 26.5. The van der Waals surface area contributed by atoms with Crippen LogP contribution >= 0.6 is 11.3 Å². The molecule has 2 aromatic carbocycles. The molecule has 0 unspecified atom stereocenters. The number of fused-ring (bicyclic) bond motifs is 4. The number of hydrogen-bond acceptors (Lipinski definition) is 10. The molecule has 2 fully saturated rings. The molecule has 2 saturated heterocycles. The van der Waals surface area contributed by atoms with Gasteiger partial charge in [0.15, 0.2) is 0 Å². The minimum atomic E-state index is -0.795. The van der Waals surface area contributed by atoms with Crippen molar-refractivity contribution in [3.05, 3.63) is 117 Å². The molecule has 7 aromatic rings. The van der Waals surface area contributed by atoms with Crippen molar-refractivity contribution < 1.29 is 18.5 Å². The molecular weight excluding hydrogens is 907 g/mol. The van der Waals surface area contributed by atoms with Gasteiger partial charge in [-0.1, -0.05) is 42.5 Å². The van der Waals surface area contributed by atoms with E-state index in [4.69, 9.17) is 25.0 Å². The van der Waals surface area contributed by atoms with Gasteiger partial charge in [0, 0.05) is 132 Å². The zero-order chi connectivity index (χ0) is 46.9. The molecule has 0 radical (unpaired) electrons. The van der Waals surface area contributed by atoms with Gasteiger partial charge in [0.25, 0.3) is 0 Å². The number of carbonyl (C=O) groups excluding carboxylic acids is 2. The van der Waals surface area contributed by atoms with Crippen LogP contribution in [0.1, 0.15) is 94.7 Å². The summed E-state index contributed by atoms with van der Waals surface area (Å²) < 4.78 is 24.5. The van der Waals surface area contributed by atoms with Crippen molar-refractivity contribution in [3.63, 3.8) is 0 Å². The number of amides is 3. The molecule has 17 heteroatoms. The highest BCUT2D eigenvalue weighted by Gasteiger charge is 2.35. The standard InChI is InChI=1S/C52H55N11O4S2/c1-31-53-27-49(68-31)45-23-34-7-5-9-40(41(34)24-54-45)51-44-29-61(18-13-46(44)62(57-51)36-15-20-69(66)21-16-36)52(65)55-26-48-42(25-56-59(48)3)35-10-11-38-33(22-35)6-4-8-39(38)50-43-28-60(32(2)64)17-12-47(43)63(58-50)37-14-19-67-30-37/h5,7-11,22-25,27,36-37H,4,6,12-21,26,28-30H2,1-3H3,(H,55,65)/t36?,37-,69?/m0/s1. The van der Waals surface area contributed by atoms with Gasteiger partial charge in [-0.05, 0) is 67.2 Å². The molecule has 0 spiro atoms. The number of thiazole rings is 1. The molecule has 0 bridgehead atoms. The third-order valence-electron chi connectivity index (χ3n) is 14.9. The first-order valence-electron chi connectivity index (χ1n) is 24.2. The highest BCUT2D eigenvalue weighted by molar-refractivity contribution is 7.85. The Hall–Kier alpha value is -6.30. The summed E-state index contributed by atoms with van der Waals surface area (Å²) in [5, 5.41) is 21.7. The van der Waals surface area contributed by atoms with Crippen molar-refractivity contribution in [1.82, 2.24) is 54.4 Å². The Kier molecular flexibility index (Phi) is 11.4. The van der Waals surface area contributed by atoms with Crippen molar-refractivity contribution in [1.29, 1.82) is 0 Å². The van der Waals surface area contributed by atoms with Gasteiger partial charge in [-0.15, -0.1) is 11.3 Å². The van der Waals surface area contributed by atoms with E-state index in [1.807, 2.05) is 47.0 Å². The van der Waals surface area contributed by atoms with Crippen LogP contribution in [0.4, 0.5) is 4.79 Å². The summed E-state index contributed by atoms with van der Waals surface area (Å²) in [6.07, 6.45) is 13.9. The highest BCUT2D eigenvalue weighted by atomic mass is 32.2. The largest absolute Gasteiger partial charge is 0.379 e. The molecule has 354 valence electrons. The highest BCUT2D eigenvalue weighted by Crippen LogP contribution is 2.41. The molecule has 15 nitrogen and oxygen atoms in total. The van der Waals surface area contributed by atoms with Gasteiger partial charge in [-0.2, -0.15) is 15.3 Å². The van der Waals surface area contributed by atoms with E-state index in [1.165, 1.54) is 16.8 Å². The predicted molar refractivity (Wildman–Crippen MR) is 267 cm³/mol. The fourth-order valence-corrected chi connectivity index (χ4v) is 13.2. The SMILES string of the molecule is CC(=O)N1CCc2c(c(C3=CCCc4cc(-c5cnn(C)c5CNC(=O)N5CCc6c(c(-c7cccc8cc(-c9cnc(C)s9)ncc78)nn6C6CCS(=O)CC6)C5)ccc43)nn2[C@H]2CCOC2)C1. The Morgan fingerprint density at radius 1 is 0.855 bits per heavy atom. The van der Waals surface area contributed by atoms with Gasteiger partial charge in [0.05, 0.1) is 70.6 Å². The first-order chi connectivity index (χ1) is 33.6. The fraction of sp³-hybridized carbons (Fsp3) is 0.404. The summed E-state index contributed by atoms with van der Waals surface area (Å²) in [6, 6.07) is 15.3. The first kappa shape index (κ1) is 43.9. The van der Waals surface area contributed by atoms with Gasteiger partial charge in [0.2, 0.25) is 5.91 Å². The number of ether oxygens (including phenoxy) is 1. The third-order valence-corrected chi connectivity index (χ3v) is 17.3. The summed E-state index contributed by atoms with van der Waals surface area (Å²) in [5.41, 5.74) is 14.8. The van der Waals surface area contributed by atoms with Crippen LogP contribution in [0.5, 0.6) is 0 Å². The summed E-state index contributed by atoms with van der Waals surface area (Å²) >= 11 is 1.63. The number of carbonyl (C=O) groups is 2. The Morgan fingerprint density at radius 2 is 1.64 bits per heavy atom. The number of benzene rings is 2. The molecule has 4 aliphatic heterocycles. The molecular formula is C52H55N11O4S2. The summed E-state index contributed by atoms with van der Waals surface area (Å²) in [5.74, 6) is 1.44. The van der Waals surface area contributed by atoms with Crippen molar-refractivity contribution in [2.75, 3.05) is 37.8 Å². The van der Waals surface area contributed by atoms with Crippen molar-refractivity contribution in [3.8, 4) is 33.0 Å². The third kappa shape index (κ3) is 8.01. The Balaban J connectivity index is 0.804. The van der Waals surface area contributed by atoms with E-state index in [1.54, 1.807) is 18.3 Å². The summed E-state index contributed by atoms with van der Waals surface area (Å²) in [7, 11) is 1.13. The number of aryl methyl sites for hydroxylation is 3. The van der Waals surface area contributed by atoms with Crippen LogP contribution in [0.2, 0.25) is 0 Å². The van der Waals surface area contributed by atoms with E-state index in [9.17, 15) is 13.8 Å². The maximum absolute atomic E-state index is 14.3. The fourth-order valence-electron chi connectivity index (χ4n) is 11.2. The van der Waals surface area contributed by atoms with Crippen LogP contribution in [0, 0.1) is 6.92 Å². The second-order valence-electron chi connectivity index (χ2n) is 19.1. The van der Waals surface area contributed by atoms with Crippen LogP contribution in [-0.4, -0.2) is 103 Å². The molecule has 12 rings (SSSR count). The van der Waals surface area contributed by atoms with Gasteiger partial charge in [0.1, 0.15) is 0 Å². The van der Waals surface area contributed by atoms with Crippen molar-refractivity contribution in [2.24, 2.45) is 7.05 Å². The van der Waals surface area contributed by atoms with Gasteiger partial charge in [-0.25, -0.2) is 9.78 Å². The van der Waals surface area contributed by atoms with Crippen LogP contribution < -0.4 is 5.32 Å². The van der Waals surface area contributed by atoms with Crippen LogP contribution in [-0.2, 0) is 66.3 Å². The molecule has 9 heterocycles. The van der Waals surface area contributed by atoms with Gasteiger partial charge in [-0.3, -0.25) is 28.0 Å². The minimum Gasteiger partial charge on any atom is -0.379 e. The number of nitrogens with zero attached hydrogens (tertiary/aromatic N) is 10. The minimum absolute atomic E-state index is 0.0873. The second kappa shape index (κ2) is 17.9. The van der Waals surface area contributed by atoms with E-state index < -0.39 is 10.8 Å². The number of hydrogen-bond donors (Lipinski definition) is 1. The number of nitrogens with one attached hydrogen (secondary N) is 1. The lowest BCUT2D eigenvalue weighted by Gasteiger charge is -2.30. The van der Waals surface area contributed by atoms with E-state index in [-0.39, 0.29) is 24.0 Å². The molecule has 3 amide bonds. The molecule has 1 N–H and O–H groups in total. The molecule has 0 saturated carbocycles. The smallest absolute Gasteiger partial charge is 0.318 e. The molecule has 1 aliphatic carbocycles. The zero-order valence-corrected chi connectivity index (χ0v) is 40.9. The molecule has 5 aliphatic rings. The van der Waals surface area contributed by atoms with Gasteiger partial charge < -0.3 is 19.9 Å². The average Bonchev–Trinajstić information content (AvgIpc) is 4.24. The van der Waals surface area contributed by atoms with E-state index >= 15 is 0 Å². The number of aromatic nitrogens is 8. The lowest BCUT2D eigenvalue weighted by molar-refractivity contribution is -0.129. The monoisotopic (exact) mass is 961 g/mol. The second-order valence-corrected chi connectivity index (χ2v) is 22.0.